The van der Waals surface area contributed by atoms with Gasteiger partial charge in [0.1, 0.15) is 5.82 Å². The van der Waals surface area contributed by atoms with Crippen LogP contribution in [-0.2, 0) is 6.42 Å². The molecule has 0 atom stereocenters. The lowest BCUT2D eigenvalue weighted by molar-refractivity contribution is 0.628. The van der Waals surface area contributed by atoms with Crippen LogP contribution in [0.3, 0.4) is 0 Å². The third-order valence-electron chi connectivity index (χ3n) is 3.47. The van der Waals surface area contributed by atoms with Crippen molar-refractivity contribution in [2.24, 2.45) is 0 Å². The number of anilines is 3. The van der Waals surface area contributed by atoms with Gasteiger partial charge in [-0.15, -0.1) is 5.10 Å². The Kier molecular flexibility index (Phi) is 4.90. The highest BCUT2D eigenvalue weighted by molar-refractivity contribution is 5.56. The highest BCUT2D eigenvalue weighted by Gasteiger charge is 2.07. The molecular formula is C17H17FN6. The van der Waals surface area contributed by atoms with Crippen molar-refractivity contribution in [2.45, 2.75) is 6.42 Å². The smallest absolute Gasteiger partial charge is 0.247 e. The van der Waals surface area contributed by atoms with Gasteiger partial charge in [-0.1, -0.05) is 6.07 Å². The number of benzene rings is 1. The zero-order valence-electron chi connectivity index (χ0n) is 13.2. The first-order valence-electron chi connectivity index (χ1n) is 7.53. The van der Waals surface area contributed by atoms with Crippen LogP contribution in [0.5, 0.6) is 0 Å². The van der Waals surface area contributed by atoms with Crippen molar-refractivity contribution in [3.05, 3.63) is 66.4 Å². The summed E-state index contributed by atoms with van der Waals surface area (Å²) >= 11 is 0. The normalized spacial score (nSPS) is 10.4. The zero-order valence-corrected chi connectivity index (χ0v) is 13.2. The van der Waals surface area contributed by atoms with E-state index in [1.54, 1.807) is 24.5 Å². The fraction of sp³-hybridized carbons (Fsp3) is 0.176. The van der Waals surface area contributed by atoms with Crippen molar-refractivity contribution < 1.29 is 4.39 Å². The summed E-state index contributed by atoms with van der Waals surface area (Å²) in [5, 5.41) is 11.0. The van der Waals surface area contributed by atoms with Crippen LogP contribution in [0.25, 0.3) is 0 Å². The molecule has 0 bridgehead atoms. The molecule has 0 amide bonds. The van der Waals surface area contributed by atoms with E-state index in [1.807, 2.05) is 24.1 Å². The maximum atomic E-state index is 13.2. The minimum Gasteiger partial charge on any atom is -0.342 e. The number of hydrogen-bond acceptors (Lipinski definition) is 6. The van der Waals surface area contributed by atoms with E-state index in [-0.39, 0.29) is 5.82 Å². The molecular weight excluding hydrogens is 307 g/mol. The Balaban J connectivity index is 1.66. The van der Waals surface area contributed by atoms with Gasteiger partial charge in [0.25, 0.3) is 0 Å². The first-order valence-corrected chi connectivity index (χ1v) is 7.53. The molecule has 0 radical (unpaired) electrons. The molecule has 0 aliphatic heterocycles. The van der Waals surface area contributed by atoms with Crippen molar-refractivity contribution in [2.75, 3.05) is 23.8 Å². The molecule has 0 unspecified atom stereocenters. The summed E-state index contributed by atoms with van der Waals surface area (Å²) in [6, 6.07) is 10.1. The van der Waals surface area contributed by atoms with Gasteiger partial charge in [0.05, 0.1) is 6.20 Å². The molecule has 24 heavy (non-hydrogen) atoms. The summed E-state index contributed by atoms with van der Waals surface area (Å²) in [5.74, 6) is 0.712. The van der Waals surface area contributed by atoms with Gasteiger partial charge in [0.2, 0.25) is 5.95 Å². The van der Waals surface area contributed by atoms with Gasteiger partial charge in [-0.3, -0.25) is 4.98 Å². The summed E-state index contributed by atoms with van der Waals surface area (Å²) in [7, 11) is 1.91. The molecule has 2 aromatic heterocycles. The van der Waals surface area contributed by atoms with Crippen LogP contribution in [0.15, 0.2) is 55.0 Å². The lowest BCUT2D eigenvalue weighted by Gasteiger charge is -2.17. The predicted molar refractivity (Wildman–Crippen MR) is 90.7 cm³/mol. The highest BCUT2D eigenvalue weighted by atomic mass is 19.1. The predicted octanol–water partition coefficient (Wildman–Crippen LogP) is 2.83. The Morgan fingerprint density at radius 1 is 1.17 bits per heavy atom. The van der Waals surface area contributed by atoms with Crippen LogP contribution >= 0.6 is 0 Å². The molecule has 0 saturated carbocycles. The number of halogens is 1. The topological polar surface area (TPSA) is 66.8 Å². The third-order valence-corrected chi connectivity index (χ3v) is 3.47. The van der Waals surface area contributed by atoms with Crippen LogP contribution < -0.4 is 10.2 Å². The molecule has 6 nitrogen and oxygen atoms in total. The summed E-state index contributed by atoms with van der Waals surface area (Å²) < 4.78 is 13.2. The van der Waals surface area contributed by atoms with Crippen molar-refractivity contribution >= 4 is 17.5 Å². The lowest BCUT2D eigenvalue weighted by atomic mass is 10.2. The maximum Gasteiger partial charge on any atom is 0.247 e. The Morgan fingerprint density at radius 2 is 2.00 bits per heavy atom. The van der Waals surface area contributed by atoms with Crippen molar-refractivity contribution in [3.63, 3.8) is 0 Å². The third kappa shape index (κ3) is 4.22. The van der Waals surface area contributed by atoms with Crippen LogP contribution in [0.4, 0.5) is 21.8 Å². The number of hydrogen-bond donors (Lipinski definition) is 1. The molecule has 0 aliphatic carbocycles. The van der Waals surface area contributed by atoms with Crippen molar-refractivity contribution in [1.29, 1.82) is 0 Å². The zero-order chi connectivity index (χ0) is 16.8. The number of rotatable bonds is 6. The molecule has 0 aliphatic rings. The van der Waals surface area contributed by atoms with Crippen molar-refractivity contribution in [3.8, 4) is 0 Å². The van der Waals surface area contributed by atoms with E-state index >= 15 is 0 Å². The largest absolute Gasteiger partial charge is 0.342 e. The minimum atomic E-state index is -0.309. The Morgan fingerprint density at radius 3 is 2.79 bits per heavy atom. The Hall–Kier alpha value is -3.09. The highest BCUT2D eigenvalue weighted by Crippen LogP contribution is 2.16. The first-order chi connectivity index (χ1) is 11.7. The Labute approximate surface area is 139 Å². The van der Waals surface area contributed by atoms with Crippen LogP contribution in [0.1, 0.15) is 5.56 Å². The van der Waals surface area contributed by atoms with E-state index in [4.69, 9.17) is 0 Å². The van der Waals surface area contributed by atoms with Gasteiger partial charge in [0.15, 0.2) is 5.82 Å². The molecule has 7 heteroatoms. The van der Waals surface area contributed by atoms with Crippen LogP contribution in [0, 0.1) is 5.82 Å². The molecule has 3 aromatic rings. The van der Waals surface area contributed by atoms with Crippen molar-refractivity contribution in [1.82, 2.24) is 20.2 Å². The molecule has 0 spiro atoms. The number of nitrogens with zero attached hydrogens (tertiary/aromatic N) is 5. The number of nitrogens with one attached hydrogen (secondary N) is 1. The van der Waals surface area contributed by atoms with Gasteiger partial charge >= 0.3 is 0 Å². The average Bonchev–Trinajstić information content (AvgIpc) is 2.61. The summed E-state index contributed by atoms with van der Waals surface area (Å²) in [4.78, 5) is 10.3. The quantitative estimate of drug-likeness (QED) is 0.752. The van der Waals surface area contributed by atoms with Gasteiger partial charge in [0, 0.05) is 31.7 Å². The number of likely N-dealkylation sites (N-methyl/N-ethyl adjacent to an activating group) is 1. The first kappa shape index (κ1) is 15.8. The minimum absolute atomic E-state index is 0.309. The molecule has 2 heterocycles. The van der Waals surface area contributed by atoms with E-state index in [9.17, 15) is 4.39 Å². The average molecular weight is 324 g/mol. The fourth-order valence-corrected chi connectivity index (χ4v) is 2.18. The van der Waals surface area contributed by atoms with Crippen LogP contribution in [0.2, 0.25) is 0 Å². The van der Waals surface area contributed by atoms with E-state index in [0.717, 1.165) is 13.0 Å². The second kappa shape index (κ2) is 7.45. The molecule has 1 N–H and O–H groups in total. The van der Waals surface area contributed by atoms with Gasteiger partial charge in [-0.05, 0) is 42.3 Å². The molecule has 1 aromatic carbocycles. The van der Waals surface area contributed by atoms with E-state index < -0.39 is 0 Å². The van der Waals surface area contributed by atoms with Gasteiger partial charge in [-0.2, -0.15) is 10.1 Å². The summed E-state index contributed by atoms with van der Waals surface area (Å²) in [6.45, 7) is 0.745. The maximum absolute atomic E-state index is 13.2. The second-order valence-corrected chi connectivity index (χ2v) is 5.30. The van der Waals surface area contributed by atoms with Crippen LogP contribution in [-0.4, -0.2) is 33.8 Å². The fourth-order valence-electron chi connectivity index (χ4n) is 2.18. The van der Waals surface area contributed by atoms with E-state index in [0.29, 0.717) is 17.5 Å². The SMILES string of the molecule is CN(CCc1ccncc1)c1nncc(Nc2cccc(F)c2)n1. The van der Waals surface area contributed by atoms with E-state index in [1.165, 1.54) is 23.9 Å². The molecule has 0 saturated heterocycles. The Bertz CT molecular complexity index is 796. The summed E-state index contributed by atoms with van der Waals surface area (Å²) in [6.07, 6.45) is 5.91. The van der Waals surface area contributed by atoms with E-state index in [2.05, 4.69) is 25.5 Å². The van der Waals surface area contributed by atoms with Gasteiger partial charge < -0.3 is 10.2 Å². The monoisotopic (exact) mass is 324 g/mol. The standard InChI is InChI=1S/C17H17FN6/c1-24(10-7-13-5-8-19-9-6-13)17-22-16(12-20-23-17)21-15-4-2-3-14(18)11-15/h2-6,8-9,11-12H,7,10H2,1H3,(H,21,22,23). The lowest BCUT2D eigenvalue weighted by Crippen LogP contribution is -2.23. The van der Waals surface area contributed by atoms with Gasteiger partial charge in [-0.25, -0.2) is 4.39 Å². The molecule has 122 valence electrons. The molecule has 3 rings (SSSR count). The number of pyridine rings is 1. The second-order valence-electron chi connectivity index (χ2n) is 5.30. The number of aromatic nitrogens is 4. The molecule has 0 fully saturated rings. The summed E-state index contributed by atoms with van der Waals surface area (Å²) in [5.41, 5.74) is 1.81.